The molecule has 0 saturated heterocycles. The van der Waals surface area contributed by atoms with Crippen molar-refractivity contribution in [2.75, 3.05) is 5.73 Å². The summed E-state index contributed by atoms with van der Waals surface area (Å²) in [6.45, 7) is 0. The number of benzene rings is 1. The van der Waals surface area contributed by atoms with Crippen molar-refractivity contribution in [2.45, 2.75) is 0 Å². The first-order valence-electron chi connectivity index (χ1n) is 5.05. The maximum Gasteiger partial charge on any atom is 0.199 e. The van der Waals surface area contributed by atoms with Crippen molar-refractivity contribution >= 4 is 17.9 Å². The first kappa shape index (κ1) is 12.4. The van der Waals surface area contributed by atoms with E-state index in [9.17, 15) is 5.11 Å². The van der Waals surface area contributed by atoms with Crippen LogP contribution in [-0.4, -0.2) is 32.6 Å². The zero-order chi connectivity index (χ0) is 13.8. The minimum absolute atomic E-state index is 0.00364. The van der Waals surface area contributed by atoms with Crippen molar-refractivity contribution in [1.82, 2.24) is 10.3 Å². The van der Waals surface area contributed by atoms with E-state index in [0.29, 0.717) is 5.56 Å². The number of amidine groups is 1. The summed E-state index contributed by atoms with van der Waals surface area (Å²) in [6.07, 6.45) is 1.26. The SMILES string of the molecule is NC(=N/N=C\c1ccc(O)cc1O)c1nonc1N. The van der Waals surface area contributed by atoms with Gasteiger partial charge in [-0.3, -0.25) is 0 Å². The lowest BCUT2D eigenvalue weighted by atomic mass is 10.2. The van der Waals surface area contributed by atoms with E-state index in [2.05, 4.69) is 25.1 Å². The van der Waals surface area contributed by atoms with Crippen LogP contribution < -0.4 is 11.5 Å². The number of aromatic hydroxyl groups is 2. The Morgan fingerprint density at radius 3 is 2.74 bits per heavy atom. The van der Waals surface area contributed by atoms with Crippen LogP contribution in [0.4, 0.5) is 5.82 Å². The molecule has 1 aromatic carbocycles. The van der Waals surface area contributed by atoms with Gasteiger partial charge in [0.1, 0.15) is 11.5 Å². The summed E-state index contributed by atoms with van der Waals surface area (Å²) in [5, 5.41) is 32.7. The topological polar surface area (TPSA) is 156 Å². The Morgan fingerprint density at radius 2 is 2.11 bits per heavy atom. The molecule has 0 fully saturated rings. The molecule has 0 aliphatic heterocycles. The van der Waals surface area contributed by atoms with Gasteiger partial charge in [-0.2, -0.15) is 5.10 Å². The van der Waals surface area contributed by atoms with Crippen molar-refractivity contribution in [3.8, 4) is 11.5 Å². The fraction of sp³-hybridized carbons (Fsp3) is 0. The number of phenols is 2. The lowest BCUT2D eigenvalue weighted by Crippen LogP contribution is -2.15. The Morgan fingerprint density at radius 1 is 1.32 bits per heavy atom. The van der Waals surface area contributed by atoms with Crippen LogP contribution in [0, 0.1) is 0 Å². The summed E-state index contributed by atoms with van der Waals surface area (Å²) in [7, 11) is 0. The number of rotatable bonds is 3. The average Bonchev–Trinajstić information content (AvgIpc) is 2.78. The first-order valence-corrected chi connectivity index (χ1v) is 5.05. The second kappa shape index (κ2) is 5.04. The molecule has 2 aromatic rings. The third-order valence-corrected chi connectivity index (χ3v) is 2.13. The smallest absolute Gasteiger partial charge is 0.199 e. The van der Waals surface area contributed by atoms with Crippen LogP contribution in [0.1, 0.15) is 11.3 Å². The van der Waals surface area contributed by atoms with Crippen molar-refractivity contribution < 1.29 is 14.8 Å². The van der Waals surface area contributed by atoms with E-state index >= 15 is 0 Å². The molecule has 9 heteroatoms. The van der Waals surface area contributed by atoms with Crippen LogP contribution in [0.5, 0.6) is 11.5 Å². The minimum atomic E-state index is -0.139. The quantitative estimate of drug-likeness (QED) is 0.339. The van der Waals surface area contributed by atoms with Gasteiger partial charge in [0.15, 0.2) is 17.3 Å². The molecular weight excluding hydrogens is 252 g/mol. The summed E-state index contributed by atoms with van der Waals surface area (Å²) >= 11 is 0. The highest BCUT2D eigenvalue weighted by Crippen LogP contribution is 2.20. The number of anilines is 1. The predicted molar refractivity (Wildman–Crippen MR) is 66.8 cm³/mol. The van der Waals surface area contributed by atoms with E-state index < -0.39 is 0 Å². The second-order valence-corrected chi connectivity index (χ2v) is 3.47. The fourth-order valence-electron chi connectivity index (χ4n) is 1.22. The fourth-order valence-corrected chi connectivity index (χ4v) is 1.22. The molecule has 9 nitrogen and oxygen atoms in total. The van der Waals surface area contributed by atoms with Gasteiger partial charge in [0.25, 0.3) is 0 Å². The molecule has 0 spiro atoms. The molecule has 0 unspecified atom stereocenters. The van der Waals surface area contributed by atoms with E-state index in [1.165, 1.54) is 24.4 Å². The number of phenolic OH excluding ortho intramolecular Hbond substituents is 2. The van der Waals surface area contributed by atoms with Gasteiger partial charge >= 0.3 is 0 Å². The first-order chi connectivity index (χ1) is 9.08. The summed E-state index contributed by atoms with van der Waals surface area (Å²) < 4.78 is 4.36. The highest BCUT2D eigenvalue weighted by molar-refractivity contribution is 5.99. The molecule has 0 saturated carbocycles. The van der Waals surface area contributed by atoms with Gasteiger partial charge in [0, 0.05) is 11.6 Å². The minimum Gasteiger partial charge on any atom is -0.508 e. The number of nitrogen functional groups attached to an aromatic ring is 1. The molecule has 1 heterocycles. The van der Waals surface area contributed by atoms with Gasteiger partial charge in [-0.1, -0.05) is 0 Å². The predicted octanol–water partition coefficient (Wildman–Crippen LogP) is -0.198. The zero-order valence-electron chi connectivity index (χ0n) is 9.56. The van der Waals surface area contributed by atoms with Crippen molar-refractivity contribution in [3.63, 3.8) is 0 Å². The van der Waals surface area contributed by atoms with E-state index in [4.69, 9.17) is 16.6 Å². The lowest BCUT2D eigenvalue weighted by molar-refractivity contribution is 0.308. The number of nitrogens with two attached hydrogens (primary N) is 2. The normalized spacial score (nSPS) is 12.1. The Balaban J connectivity index is 2.17. The molecule has 0 amide bonds. The molecule has 2 rings (SSSR count). The number of hydrogen-bond donors (Lipinski definition) is 4. The van der Waals surface area contributed by atoms with Crippen LogP contribution in [-0.2, 0) is 0 Å². The van der Waals surface area contributed by atoms with Crippen LogP contribution in [0.15, 0.2) is 33.0 Å². The summed E-state index contributed by atoms with van der Waals surface area (Å²) in [6, 6.07) is 4.04. The maximum absolute atomic E-state index is 9.50. The van der Waals surface area contributed by atoms with E-state index in [1.54, 1.807) is 0 Å². The molecule has 0 aliphatic rings. The molecule has 0 bridgehead atoms. The Labute approximate surface area is 106 Å². The Kier molecular flexibility index (Phi) is 3.28. The third kappa shape index (κ3) is 2.77. The highest BCUT2D eigenvalue weighted by Gasteiger charge is 2.09. The second-order valence-electron chi connectivity index (χ2n) is 3.47. The van der Waals surface area contributed by atoms with Gasteiger partial charge in [-0.25, -0.2) is 4.63 Å². The molecule has 0 radical (unpaired) electrons. The van der Waals surface area contributed by atoms with Crippen LogP contribution >= 0.6 is 0 Å². The van der Waals surface area contributed by atoms with Gasteiger partial charge in [0.05, 0.1) is 6.21 Å². The van der Waals surface area contributed by atoms with Crippen LogP contribution in [0.2, 0.25) is 0 Å². The van der Waals surface area contributed by atoms with Gasteiger partial charge in [0.2, 0.25) is 0 Å². The molecule has 0 aliphatic carbocycles. The monoisotopic (exact) mass is 262 g/mol. The Bertz CT molecular complexity index is 648. The molecule has 0 atom stereocenters. The summed E-state index contributed by atoms with van der Waals surface area (Å²) in [4.78, 5) is 0. The van der Waals surface area contributed by atoms with E-state index in [0.717, 1.165) is 0 Å². The molecular formula is C10H10N6O3. The molecule has 19 heavy (non-hydrogen) atoms. The average molecular weight is 262 g/mol. The number of nitrogens with zero attached hydrogens (tertiary/aromatic N) is 4. The van der Waals surface area contributed by atoms with Gasteiger partial charge in [-0.15, -0.1) is 5.10 Å². The third-order valence-electron chi connectivity index (χ3n) is 2.13. The number of hydrogen-bond acceptors (Lipinski definition) is 8. The Hall–Kier alpha value is -3.10. The van der Waals surface area contributed by atoms with Gasteiger partial charge in [-0.05, 0) is 22.4 Å². The zero-order valence-corrected chi connectivity index (χ0v) is 9.56. The molecule has 1 aromatic heterocycles. The van der Waals surface area contributed by atoms with Crippen molar-refractivity contribution in [2.24, 2.45) is 15.9 Å². The van der Waals surface area contributed by atoms with Crippen molar-refractivity contribution in [1.29, 1.82) is 0 Å². The summed E-state index contributed by atoms with van der Waals surface area (Å²) in [5.41, 5.74) is 11.4. The van der Waals surface area contributed by atoms with Crippen molar-refractivity contribution in [3.05, 3.63) is 29.5 Å². The van der Waals surface area contributed by atoms with Gasteiger partial charge < -0.3 is 21.7 Å². The summed E-state index contributed by atoms with van der Waals surface area (Å²) in [5.74, 6) is -0.267. The number of aromatic nitrogens is 2. The van der Waals surface area contributed by atoms with Crippen LogP contribution in [0.3, 0.4) is 0 Å². The highest BCUT2D eigenvalue weighted by atomic mass is 16.6. The molecule has 98 valence electrons. The van der Waals surface area contributed by atoms with Crippen LogP contribution in [0.25, 0.3) is 0 Å². The largest absolute Gasteiger partial charge is 0.508 e. The molecule has 6 N–H and O–H groups in total. The van der Waals surface area contributed by atoms with E-state index in [1.807, 2.05) is 0 Å². The maximum atomic E-state index is 9.50. The standard InChI is InChI=1S/C10H10N6O3/c11-9(8-10(12)16-19-15-8)14-13-4-5-1-2-6(17)3-7(5)18/h1-4,17-18H,(H2,11,14)(H2,12,16)/b13-4-. The van der Waals surface area contributed by atoms with E-state index in [-0.39, 0.29) is 28.8 Å². The lowest BCUT2D eigenvalue weighted by Gasteiger charge is -1.97.